The first-order chi connectivity index (χ1) is 8.69. The maximum absolute atomic E-state index is 10.9. The molecule has 1 saturated heterocycles. The van der Waals surface area contributed by atoms with Crippen molar-refractivity contribution in [3.63, 3.8) is 0 Å². The Morgan fingerprint density at radius 2 is 2.22 bits per heavy atom. The maximum Gasteiger partial charge on any atom is 0.128 e. The summed E-state index contributed by atoms with van der Waals surface area (Å²) >= 11 is 0. The summed E-state index contributed by atoms with van der Waals surface area (Å²) in [6, 6.07) is 6.13. The quantitative estimate of drug-likeness (QED) is 0.829. The molecule has 0 radical (unpaired) electrons. The molecule has 0 spiro atoms. The van der Waals surface area contributed by atoms with Gasteiger partial charge in [0.25, 0.3) is 0 Å². The summed E-state index contributed by atoms with van der Waals surface area (Å²) in [5, 5.41) is 10.9. The number of ether oxygens (including phenoxy) is 2. The number of aryl methyl sites for hydroxylation is 1. The minimum absolute atomic E-state index is 0.100. The van der Waals surface area contributed by atoms with Gasteiger partial charge in [0.2, 0.25) is 0 Å². The van der Waals surface area contributed by atoms with Crippen molar-refractivity contribution in [2.45, 2.75) is 44.3 Å². The van der Waals surface area contributed by atoms with Crippen LogP contribution >= 0.6 is 0 Å². The molecule has 0 amide bonds. The van der Waals surface area contributed by atoms with E-state index in [-0.39, 0.29) is 6.10 Å². The maximum atomic E-state index is 10.9. The van der Waals surface area contributed by atoms with Gasteiger partial charge in [0.1, 0.15) is 5.75 Å². The summed E-state index contributed by atoms with van der Waals surface area (Å²) in [4.78, 5) is 0. The highest BCUT2D eigenvalue weighted by Crippen LogP contribution is 2.42. The topological polar surface area (TPSA) is 38.7 Å². The fraction of sp³-hybridized carbons (Fsp3) is 0.600. The highest BCUT2D eigenvalue weighted by molar-refractivity contribution is 5.46. The Hall–Kier alpha value is -1.06. The van der Waals surface area contributed by atoms with E-state index in [0.717, 1.165) is 30.8 Å². The van der Waals surface area contributed by atoms with Crippen molar-refractivity contribution in [2.24, 2.45) is 0 Å². The predicted molar refractivity (Wildman–Crippen MR) is 68.8 cm³/mol. The van der Waals surface area contributed by atoms with Crippen LogP contribution in [-0.4, -0.2) is 24.4 Å². The van der Waals surface area contributed by atoms with Crippen LogP contribution in [-0.2, 0) is 16.8 Å². The molecule has 2 aliphatic rings. The summed E-state index contributed by atoms with van der Waals surface area (Å²) in [6.45, 7) is 3.38. The van der Waals surface area contributed by atoms with Crippen LogP contribution in [0, 0.1) is 0 Å². The minimum atomic E-state index is -0.791. The van der Waals surface area contributed by atoms with Gasteiger partial charge in [0, 0.05) is 18.4 Å². The molecule has 1 aromatic rings. The van der Waals surface area contributed by atoms with Crippen LogP contribution in [0.4, 0.5) is 0 Å². The Balaban J connectivity index is 2.00. The zero-order valence-corrected chi connectivity index (χ0v) is 10.8. The van der Waals surface area contributed by atoms with Crippen molar-refractivity contribution in [1.29, 1.82) is 0 Å². The molecule has 98 valence electrons. The lowest BCUT2D eigenvalue weighted by Crippen LogP contribution is -2.38. The number of benzene rings is 1. The monoisotopic (exact) mass is 248 g/mol. The van der Waals surface area contributed by atoms with Crippen LogP contribution in [0.3, 0.4) is 0 Å². The average molecular weight is 248 g/mol. The third-order valence-corrected chi connectivity index (χ3v) is 3.98. The van der Waals surface area contributed by atoms with E-state index < -0.39 is 5.60 Å². The van der Waals surface area contributed by atoms with E-state index in [0.29, 0.717) is 19.4 Å². The fourth-order valence-corrected chi connectivity index (χ4v) is 3.07. The standard InChI is InChI=1S/C15H20O3/c1-11-10-15(16,7-9-17-11)13-6-2-4-12-5-3-8-18-14(12)13/h2,4,6,11,16H,3,5,7-10H2,1H3. The summed E-state index contributed by atoms with van der Waals surface area (Å²) in [6.07, 6.45) is 3.51. The summed E-state index contributed by atoms with van der Waals surface area (Å²) in [5.41, 5.74) is 1.39. The van der Waals surface area contributed by atoms with Crippen molar-refractivity contribution >= 4 is 0 Å². The van der Waals surface area contributed by atoms with E-state index in [4.69, 9.17) is 9.47 Å². The molecule has 0 bridgehead atoms. The van der Waals surface area contributed by atoms with E-state index in [1.807, 2.05) is 19.1 Å². The van der Waals surface area contributed by atoms with Crippen molar-refractivity contribution in [2.75, 3.05) is 13.2 Å². The Bertz CT molecular complexity index is 443. The lowest BCUT2D eigenvalue weighted by molar-refractivity contribution is -0.102. The molecule has 0 aliphatic carbocycles. The van der Waals surface area contributed by atoms with Gasteiger partial charge in [-0.25, -0.2) is 0 Å². The van der Waals surface area contributed by atoms with Crippen LogP contribution in [0.1, 0.15) is 37.3 Å². The average Bonchev–Trinajstić information content (AvgIpc) is 2.38. The Labute approximate surface area is 108 Å². The van der Waals surface area contributed by atoms with Gasteiger partial charge in [-0.3, -0.25) is 0 Å². The highest BCUT2D eigenvalue weighted by Gasteiger charge is 2.38. The molecular formula is C15H20O3. The fourth-order valence-electron chi connectivity index (χ4n) is 3.07. The molecule has 2 atom stereocenters. The summed E-state index contributed by atoms with van der Waals surface area (Å²) < 4.78 is 11.3. The molecule has 2 heterocycles. The predicted octanol–water partition coefficient (Wildman–Crippen LogP) is 2.40. The number of para-hydroxylation sites is 1. The van der Waals surface area contributed by atoms with Gasteiger partial charge in [-0.05, 0) is 25.3 Å². The molecule has 0 aromatic heterocycles. The van der Waals surface area contributed by atoms with Gasteiger partial charge in [0.15, 0.2) is 0 Å². The molecule has 1 N–H and O–H groups in total. The van der Waals surface area contributed by atoms with Gasteiger partial charge in [0.05, 0.1) is 24.9 Å². The van der Waals surface area contributed by atoms with Crippen LogP contribution in [0.25, 0.3) is 0 Å². The number of hydrogen-bond acceptors (Lipinski definition) is 3. The van der Waals surface area contributed by atoms with Gasteiger partial charge in [-0.15, -0.1) is 0 Å². The SMILES string of the molecule is CC1CC(O)(c2cccc3c2OCCC3)CCO1. The van der Waals surface area contributed by atoms with Gasteiger partial charge in [-0.1, -0.05) is 18.2 Å². The minimum Gasteiger partial charge on any atom is -0.493 e. The van der Waals surface area contributed by atoms with E-state index >= 15 is 0 Å². The van der Waals surface area contributed by atoms with E-state index in [2.05, 4.69) is 6.07 Å². The molecule has 1 fully saturated rings. The molecule has 3 rings (SSSR count). The highest BCUT2D eigenvalue weighted by atomic mass is 16.5. The van der Waals surface area contributed by atoms with E-state index in [1.165, 1.54) is 5.56 Å². The van der Waals surface area contributed by atoms with Crippen molar-refractivity contribution in [3.05, 3.63) is 29.3 Å². The van der Waals surface area contributed by atoms with Crippen LogP contribution in [0.5, 0.6) is 5.75 Å². The first kappa shape index (κ1) is 12.0. The largest absolute Gasteiger partial charge is 0.493 e. The third kappa shape index (κ3) is 2.02. The second-order valence-electron chi connectivity index (χ2n) is 5.41. The second kappa shape index (κ2) is 4.56. The van der Waals surface area contributed by atoms with E-state index in [1.54, 1.807) is 0 Å². The first-order valence-corrected chi connectivity index (χ1v) is 6.78. The molecule has 2 unspecified atom stereocenters. The zero-order chi connectivity index (χ0) is 12.6. The van der Waals surface area contributed by atoms with Gasteiger partial charge >= 0.3 is 0 Å². The van der Waals surface area contributed by atoms with Gasteiger partial charge < -0.3 is 14.6 Å². The normalized spacial score (nSPS) is 31.6. The second-order valence-corrected chi connectivity index (χ2v) is 5.41. The van der Waals surface area contributed by atoms with E-state index in [9.17, 15) is 5.11 Å². The van der Waals surface area contributed by atoms with Crippen molar-refractivity contribution in [3.8, 4) is 5.75 Å². The number of rotatable bonds is 1. The molecular weight excluding hydrogens is 228 g/mol. The Morgan fingerprint density at radius 1 is 1.33 bits per heavy atom. The summed E-state index contributed by atoms with van der Waals surface area (Å²) in [7, 11) is 0. The Morgan fingerprint density at radius 3 is 3.06 bits per heavy atom. The van der Waals surface area contributed by atoms with Crippen molar-refractivity contribution in [1.82, 2.24) is 0 Å². The lowest BCUT2D eigenvalue weighted by Gasteiger charge is -2.37. The smallest absolute Gasteiger partial charge is 0.128 e. The third-order valence-electron chi connectivity index (χ3n) is 3.98. The first-order valence-electron chi connectivity index (χ1n) is 6.78. The number of fused-ring (bicyclic) bond motifs is 1. The van der Waals surface area contributed by atoms with Gasteiger partial charge in [-0.2, -0.15) is 0 Å². The number of hydrogen-bond donors (Lipinski definition) is 1. The number of aliphatic hydroxyl groups is 1. The lowest BCUT2D eigenvalue weighted by atomic mass is 9.82. The Kier molecular flexibility index (Phi) is 3.04. The molecule has 3 nitrogen and oxygen atoms in total. The van der Waals surface area contributed by atoms with Crippen molar-refractivity contribution < 1.29 is 14.6 Å². The van der Waals surface area contributed by atoms with Crippen LogP contribution in [0.15, 0.2) is 18.2 Å². The molecule has 18 heavy (non-hydrogen) atoms. The molecule has 3 heteroatoms. The molecule has 0 saturated carbocycles. The van der Waals surface area contributed by atoms with Crippen LogP contribution in [0.2, 0.25) is 0 Å². The summed E-state index contributed by atoms with van der Waals surface area (Å²) in [5.74, 6) is 0.917. The zero-order valence-electron chi connectivity index (χ0n) is 10.8. The molecule has 1 aromatic carbocycles. The van der Waals surface area contributed by atoms with Crippen LogP contribution < -0.4 is 4.74 Å². The molecule has 2 aliphatic heterocycles.